The molecule has 0 radical (unpaired) electrons. The van der Waals surface area contributed by atoms with Gasteiger partial charge in [0.2, 0.25) is 0 Å². The highest BCUT2D eigenvalue weighted by Crippen LogP contribution is 2.43. The van der Waals surface area contributed by atoms with E-state index in [4.69, 9.17) is 56.2 Å². The molecule has 136 valence electrons. The summed E-state index contributed by atoms with van der Waals surface area (Å²) in [5, 5.41) is 0. The summed E-state index contributed by atoms with van der Waals surface area (Å²) < 4.78 is 39.0. The Morgan fingerprint density at radius 3 is 0.909 bits per heavy atom. The molecule has 2 N–H and O–H groups in total. The molecule has 0 aromatic carbocycles. The lowest BCUT2D eigenvalue weighted by Gasteiger charge is -2.09. The van der Waals surface area contributed by atoms with Crippen LogP contribution in [0.2, 0.25) is 0 Å². The van der Waals surface area contributed by atoms with E-state index in [-0.39, 0.29) is 49.9 Å². The van der Waals surface area contributed by atoms with Gasteiger partial charge in [0, 0.05) is 23.5 Å². The van der Waals surface area contributed by atoms with Crippen LogP contribution in [-0.4, -0.2) is 59.7 Å². The van der Waals surface area contributed by atoms with Crippen LogP contribution in [0.1, 0.15) is 0 Å². The van der Waals surface area contributed by atoms with E-state index in [1.165, 1.54) is 0 Å². The maximum absolute atomic E-state index is 10.7. The molecule has 8 nitrogen and oxygen atoms in total. The number of phosphoric ester groups is 2. The minimum absolute atomic E-state index is 0.0163. The molecule has 0 atom stereocenters. The van der Waals surface area contributed by atoms with Crippen LogP contribution < -0.4 is 0 Å². The van der Waals surface area contributed by atoms with E-state index in [2.05, 4.69) is 18.1 Å². The number of rotatable bonds is 12. The monoisotopic (exact) mass is 444 g/mol. The normalized spacial score (nSPS) is 11.9. The average Bonchev–Trinajstić information content (AvgIpc) is 2.48. The Labute approximate surface area is 149 Å². The topological polar surface area (TPSA) is 112 Å². The minimum atomic E-state index is -3.89. The van der Waals surface area contributed by atoms with Gasteiger partial charge in [-0.05, 0) is 0 Å². The summed E-state index contributed by atoms with van der Waals surface area (Å²) >= 11 is 20.8. The van der Waals surface area contributed by atoms with Crippen molar-refractivity contribution in [2.45, 2.75) is 0 Å². The fraction of sp³-hybridized carbons (Fsp3) is 1.00. The number of phosphoric acid groups is 2. The zero-order valence-electron chi connectivity index (χ0n) is 11.4. The van der Waals surface area contributed by atoms with Crippen LogP contribution in [0.15, 0.2) is 0 Å². The first kappa shape index (κ1) is 25.6. The fourth-order valence-electron chi connectivity index (χ4n) is 0.674. The van der Waals surface area contributed by atoms with E-state index in [0.717, 1.165) is 0 Å². The molecule has 0 aliphatic rings. The highest BCUT2D eigenvalue weighted by atomic mass is 35.5. The molecule has 0 amide bonds. The maximum Gasteiger partial charge on any atom is 0.472 e. The smallest absolute Gasteiger partial charge is 0.302 e. The average molecular weight is 446 g/mol. The third-order valence-corrected chi connectivity index (χ3v) is 3.98. The van der Waals surface area contributed by atoms with Crippen molar-refractivity contribution in [3.05, 3.63) is 0 Å². The quantitative estimate of drug-likeness (QED) is 0.348. The minimum Gasteiger partial charge on any atom is -0.302 e. The van der Waals surface area contributed by atoms with Gasteiger partial charge in [0.05, 0.1) is 26.4 Å². The van der Waals surface area contributed by atoms with Crippen molar-refractivity contribution in [1.82, 2.24) is 0 Å². The molecule has 0 saturated carbocycles. The van der Waals surface area contributed by atoms with Crippen LogP contribution in [0.3, 0.4) is 0 Å². The number of hydrogen-bond donors (Lipinski definition) is 2. The van der Waals surface area contributed by atoms with Gasteiger partial charge in [-0.2, -0.15) is 0 Å². The predicted octanol–water partition coefficient (Wildman–Crippen LogP) is 3.20. The Morgan fingerprint density at radius 1 is 0.591 bits per heavy atom. The van der Waals surface area contributed by atoms with Gasteiger partial charge in [0.1, 0.15) is 0 Å². The lowest BCUT2D eigenvalue weighted by Crippen LogP contribution is -1.99. The van der Waals surface area contributed by atoms with Crippen molar-refractivity contribution in [2.75, 3.05) is 49.9 Å². The molecule has 0 heterocycles. The molecule has 0 aromatic heterocycles. The fourth-order valence-corrected chi connectivity index (χ4v) is 2.85. The first-order valence-corrected chi connectivity index (χ1v) is 10.8. The molecule has 0 saturated heterocycles. The van der Waals surface area contributed by atoms with Gasteiger partial charge in [-0.3, -0.25) is 18.1 Å². The molecule has 14 heteroatoms. The lowest BCUT2D eigenvalue weighted by atomic mass is 10.9. The third-order valence-electron chi connectivity index (χ3n) is 1.33. The van der Waals surface area contributed by atoms with Crippen molar-refractivity contribution in [2.24, 2.45) is 0 Å². The molecule has 0 aliphatic heterocycles. The Balaban J connectivity index is 0. The molecule has 0 spiro atoms. The lowest BCUT2D eigenvalue weighted by molar-refractivity contribution is 0.161. The van der Waals surface area contributed by atoms with Crippen molar-refractivity contribution >= 4 is 62.0 Å². The second kappa shape index (κ2) is 15.9. The highest BCUT2D eigenvalue weighted by Gasteiger charge is 2.20. The Morgan fingerprint density at radius 2 is 0.773 bits per heavy atom. The SMILES string of the molecule is O=P(O)(OCCCl)OCCCl.O=P(O)(OCCCl)OCCCl. The summed E-state index contributed by atoms with van der Waals surface area (Å²) in [6.07, 6.45) is 0. The standard InChI is InChI=1S/2C4H9Cl2O4P/c2*5-1-3-9-11(7,8)10-4-2-6/h2*1-4H2,(H,7,8). The van der Waals surface area contributed by atoms with Gasteiger partial charge in [-0.15, -0.1) is 46.4 Å². The molecular formula is C8H18Cl4O8P2. The van der Waals surface area contributed by atoms with Crippen molar-refractivity contribution in [1.29, 1.82) is 0 Å². The molecule has 0 bridgehead atoms. The predicted molar refractivity (Wildman–Crippen MR) is 86.3 cm³/mol. The van der Waals surface area contributed by atoms with Gasteiger partial charge < -0.3 is 9.79 Å². The molecule has 0 aromatic rings. The van der Waals surface area contributed by atoms with Gasteiger partial charge in [-0.25, -0.2) is 9.13 Å². The van der Waals surface area contributed by atoms with Crippen LogP contribution in [-0.2, 0) is 27.2 Å². The summed E-state index contributed by atoms with van der Waals surface area (Å²) in [5.41, 5.74) is 0. The zero-order valence-corrected chi connectivity index (χ0v) is 16.2. The maximum atomic E-state index is 10.7. The van der Waals surface area contributed by atoms with Crippen molar-refractivity contribution in [3.8, 4) is 0 Å². The second-order valence-electron chi connectivity index (χ2n) is 3.03. The van der Waals surface area contributed by atoms with E-state index in [9.17, 15) is 9.13 Å². The Hall–Kier alpha value is 1.38. The largest absolute Gasteiger partial charge is 0.472 e. The van der Waals surface area contributed by atoms with Gasteiger partial charge in [0.25, 0.3) is 0 Å². The third kappa shape index (κ3) is 19.4. The van der Waals surface area contributed by atoms with E-state index >= 15 is 0 Å². The van der Waals surface area contributed by atoms with Gasteiger partial charge in [-0.1, -0.05) is 0 Å². The summed E-state index contributed by atoms with van der Waals surface area (Å²) in [7, 11) is -7.79. The molecular weight excluding hydrogens is 428 g/mol. The summed E-state index contributed by atoms with van der Waals surface area (Å²) in [5.74, 6) is 0.590. The van der Waals surface area contributed by atoms with Crippen molar-refractivity contribution < 1.29 is 37.0 Å². The first-order valence-electron chi connectivity index (χ1n) is 5.72. The summed E-state index contributed by atoms with van der Waals surface area (Å²) in [6, 6.07) is 0. The van der Waals surface area contributed by atoms with Gasteiger partial charge >= 0.3 is 15.6 Å². The number of alkyl halides is 4. The molecule has 22 heavy (non-hydrogen) atoms. The second-order valence-corrected chi connectivity index (χ2v) is 7.44. The summed E-state index contributed by atoms with van der Waals surface area (Å²) in [4.78, 5) is 17.5. The molecule has 0 aliphatic carbocycles. The van der Waals surface area contributed by atoms with Crippen LogP contribution in [0, 0.1) is 0 Å². The van der Waals surface area contributed by atoms with Crippen LogP contribution in [0.4, 0.5) is 0 Å². The van der Waals surface area contributed by atoms with E-state index in [1.807, 2.05) is 0 Å². The van der Waals surface area contributed by atoms with Crippen LogP contribution in [0.5, 0.6) is 0 Å². The Bertz CT molecular complexity index is 292. The van der Waals surface area contributed by atoms with Crippen molar-refractivity contribution in [3.63, 3.8) is 0 Å². The van der Waals surface area contributed by atoms with E-state index in [1.54, 1.807) is 0 Å². The molecule has 0 rings (SSSR count). The zero-order chi connectivity index (χ0) is 17.5. The Kier molecular flexibility index (Phi) is 18.5. The van der Waals surface area contributed by atoms with Crippen LogP contribution >= 0.6 is 62.0 Å². The number of halogens is 4. The van der Waals surface area contributed by atoms with Crippen LogP contribution in [0.25, 0.3) is 0 Å². The molecule has 0 unspecified atom stereocenters. The summed E-state index contributed by atoms with van der Waals surface area (Å²) in [6.45, 7) is -0.0650. The van der Waals surface area contributed by atoms with Gasteiger partial charge in [0.15, 0.2) is 0 Å². The number of hydrogen-bond acceptors (Lipinski definition) is 6. The van der Waals surface area contributed by atoms with E-state index < -0.39 is 15.6 Å². The molecule has 0 fully saturated rings. The first-order chi connectivity index (χ1) is 10.2. The van der Waals surface area contributed by atoms with E-state index in [0.29, 0.717) is 0 Å². The highest BCUT2D eigenvalue weighted by molar-refractivity contribution is 7.47.